The number of piperidine rings is 1. The molecule has 0 spiro atoms. The zero-order valence-electron chi connectivity index (χ0n) is 11.0. The minimum atomic E-state index is 0.110. The third-order valence-electron chi connectivity index (χ3n) is 3.76. The van der Waals surface area contributed by atoms with Crippen molar-refractivity contribution in [3.63, 3.8) is 0 Å². The zero-order valence-corrected chi connectivity index (χ0v) is 13.3. The highest BCUT2D eigenvalue weighted by Gasteiger charge is 2.22. The average Bonchev–Trinajstić information content (AvgIpc) is 2.47. The van der Waals surface area contributed by atoms with Crippen molar-refractivity contribution >= 4 is 44.2 Å². The lowest BCUT2D eigenvalue weighted by atomic mass is 10.0. The Bertz CT molecular complexity index is 650. The minimum Gasteiger partial charge on any atom is -0.339 e. The normalized spacial score (nSPS) is 16.6. The van der Waals surface area contributed by atoms with Crippen molar-refractivity contribution in [1.82, 2.24) is 4.90 Å². The predicted octanol–water partition coefficient (Wildman–Crippen LogP) is 4.45. The van der Waals surface area contributed by atoms with Gasteiger partial charge in [-0.2, -0.15) is 0 Å². The third-order valence-corrected chi connectivity index (χ3v) is 4.69. The summed E-state index contributed by atoms with van der Waals surface area (Å²) in [5, 5.41) is 2.44. The summed E-state index contributed by atoms with van der Waals surface area (Å²) in [6.45, 7) is 1.51. The highest BCUT2D eigenvalue weighted by atomic mass is 79.9. The van der Waals surface area contributed by atoms with Gasteiger partial charge in [0.05, 0.1) is 0 Å². The number of rotatable bonds is 1. The number of nitrogens with zero attached hydrogens (tertiary/aromatic N) is 1. The van der Waals surface area contributed by atoms with Crippen LogP contribution in [0.1, 0.15) is 23.2 Å². The molecule has 1 aliphatic heterocycles. The van der Waals surface area contributed by atoms with E-state index in [4.69, 9.17) is 11.6 Å². The monoisotopic (exact) mass is 351 g/mol. The molecule has 0 aromatic heterocycles. The van der Waals surface area contributed by atoms with Crippen molar-refractivity contribution in [3.8, 4) is 0 Å². The molecule has 2 aromatic rings. The van der Waals surface area contributed by atoms with Gasteiger partial charge in [0.25, 0.3) is 5.91 Å². The molecule has 2 aromatic carbocycles. The molecule has 1 fully saturated rings. The van der Waals surface area contributed by atoms with Gasteiger partial charge in [-0.05, 0) is 47.9 Å². The van der Waals surface area contributed by atoms with Gasteiger partial charge in [-0.25, -0.2) is 0 Å². The molecule has 1 heterocycles. The number of hydrogen-bond donors (Lipinski definition) is 0. The minimum absolute atomic E-state index is 0.110. The van der Waals surface area contributed by atoms with Crippen molar-refractivity contribution in [2.45, 2.75) is 18.2 Å². The van der Waals surface area contributed by atoms with Crippen LogP contribution in [0, 0.1) is 0 Å². The fraction of sp³-hybridized carbons (Fsp3) is 0.312. The lowest BCUT2D eigenvalue weighted by Gasteiger charge is -2.29. The SMILES string of the molecule is O=C(c1ccc2cc(Br)ccc2c1)N1CCC(Cl)CC1. The largest absolute Gasteiger partial charge is 0.339 e. The number of alkyl halides is 1. The molecule has 1 aliphatic rings. The van der Waals surface area contributed by atoms with E-state index >= 15 is 0 Å². The Morgan fingerprint density at radius 3 is 2.50 bits per heavy atom. The maximum Gasteiger partial charge on any atom is 0.253 e. The summed E-state index contributed by atoms with van der Waals surface area (Å²) in [6.07, 6.45) is 1.77. The fourth-order valence-corrected chi connectivity index (χ4v) is 3.16. The second-order valence-corrected chi connectivity index (χ2v) is 6.71. The van der Waals surface area contributed by atoms with Gasteiger partial charge in [0.1, 0.15) is 0 Å². The molecule has 0 radical (unpaired) electrons. The Morgan fingerprint density at radius 2 is 1.75 bits per heavy atom. The van der Waals surface area contributed by atoms with Crippen molar-refractivity contribution in [2.24, 2.45) is 0 Å². The van der Waals surface area contributed by atoms with Crippen LogP contribution in [0.3, 0.4) is 0 Å². The van der Waals surface area contributed by atoms with Crippen LogP contribution in [0.2, 0.25) is 0 Å². The van der Waals surface area contributed by atoms with Gasteiger partial charge in [0.2, 0.25) is 0 Å². The number of hydrogen-bond acceptors (Lipinski definition) is 1. The Kier molecular flexibility index (Phi) is 3.99. The van der Waals surface area contributed by atoms with E-state index < -0.39 is 0 Å². The van der Waals surface area contributed by atoms with Crippen molar-refractivity contribution < 1.29 is 4.79 Å². The number of carbonyl (C=O) groups excluding carboxylic acids is 1. The van der Waals surface area contributed by atoms with Gasteiger partial charge in [0.15, 0.2) is 0 Å². The molecular weight excluding hydrogens is 338 g/mol. The number of carbonyl (C=O) groups is 1. The highest BCUT2D eigenvalue weighted by Crippen LogP contribution is 2.23. The van der Waals surface area contributed by atoms with Gasteiger partial charge in [-0.1, -0.05) is 28.1 Å². The van der Waals surface area contributed by atoms with E-state index in [1.54, 1.807) is 0 Å². The molecule has 0 unspecified atom stereocenters. The molecule has 2 nitrogen and oxygen atoms in total. The Labute approximate surface area is 131 Å². The quantitative estimate of drug-likeness (QED) is 0.695. The summed E-state index contributed by atoms with van der Waals surface area (Å²) in [4.78, 5) is 14.4. The van der Waals surface area contributed by atoms with E-state index in [9.17, 15) is 4.79 Å². The number of amides is 1. The highest BCUT2D eigenvalue weighted by molar-refractivity contribution is 9.10. The second-order valence-electron chi connectivity index (χ2n) is 5.17. The van der Waals surface area contributed by atoms with Gasteiger partial charge in [-0.15, -0.1) is 11.6 Å². The van der Waals surface area contributed by atoms with Gasteiger partial charge in [0, 0.05) is 28.5 Å². The number of fused-ring (bicyclic) bond motifs is 1. The summed E-state index contributed by atoms with van der Waals surface area (Å²) in [7, 11) is 0. The summed E-state index contributed by atoms with van der Waals surface area (Å²) in [5.41, 5.74) is 0.757. The lowest BCUT2D eigenvalue weighted by molar-refractivity contribution is 0.0726. The Hall–Kier alpha value is -1.06. The van der Waals surface area contributed by atoms with Gasteiger partial charge < -0.3 is 4.90 Å². The van der Waals surface area contributed by atoms with Crippen LogP contribution < -0.4 is 0 Å². The molecule has 104 valence electrons. The summed E-state index contributed by atoms with van der Waals surface area (Å²) < 4.78 is 1.05. The first-order valence-electron chi connectivity index (χ1n) is 6.76. The number of likely N-dealkylation sites (tertiary alicyclic amines) is 1. The van der Waals surface area contributed by atoms with Gasteiger partial charge in [-0.3, -0.25) is 4.79 Å². The van der Waals surface area contributed by atoms with E-state index in [0.29, 0.717) is 0 Å². The molecular formula is C16H15BrClNO. The molecule has 1 amide bonds. The molecule has 0 aliphatic carbocycles. The van der Waals surface area contributed by atoms with Crippen LogP contribution in [0.25, 0.3) is 10.8 Å². The second kappa shape index (κ2) is 5.74. The van der Waals surface area contributed by atoms with E-state index in [1.165, 1.54) is 0 Å². The molecule has 1 saturated heterocycles. The first-order valence-corrected chi connectivity index (χ1v) is 7.99. The fourth-order valence-electron chi connectivity index (χ4n) is 2.58. The number of halogens is 2. The van der Waals surface area contributed by atoms with Crippen molar-refractivity contribution in [1.29, 1.82) is 0 Å². The first kappa shape index (κ1) is 13.9. The van der Waals surface area contributed by atoms with Crippen LogP contribution in [-0.4, -0.2) is 29.3 Å². The van der Waals surface area contributed by atoms with Crippen LogP contribution in [0.15, 0.2) is 40.9 Å². The predicted molar refractivity (Wildman–Crippen MR) is 86.4 cm³/mol. The van der Waals surface area contributed by atoms with E-state index in [0.717, 1.165) is 46.7 Å². The molecule has 0 atom stereocenters. The summed E-state index contributed by atoms with van der Waals surface area (Å²) in [6, 6.07) is 12.0. The molecule has 0 bridgehead atoms. The molecule has 0 N–H and O–H groups in total. The standard InChI is InChI=1S/C16H15BrClNO/c17-14-4-3-11-9-13(2-1-12(11)10-14)16(20)19-7-5-15(18)6-8-19/h1-4,9-10,15H,5-8H2. The molecule has 3 rings (SSSR count). The van der Waals surface area contributed by atoms with Crippen LogP contribution >= 0.6 is 27.5 Å². The van der Waals surface area contributed by atoms with Crippen LogP contribution in [0.4, 0.5) is 0 Å². The topological polar surface area (TPSA) is 20.3 Å². The van der Waals surface area contributed by atoms with Crippen LogP contribution in [-0.2, 0) is 0 Å². The van der Waals surface area contributed by atoms with Gasteiger partial charge >= 0.3 is 0 Å². The summed E-state index contributed by atoms with van der Waals surface area (Å²) >= 11 is 9.54. The van der Waals surface area contributed by atoms with E-state index in [2.05, 4.69) is 22.0 Å². The Morgan fingerprint density at radius 1 is 1.10 bits per heavy atom. The average molecular weight is 353 g/mol. The van der Waals surface area contributed by atoms with Crippen LogP contribution in [0.5, 0.6) is 0 Å². The molecule has 4 heteroatoms. The molecule has 20 heavy (non-hydrogen) atoms. The van der Waals surface area contributed by atoms with Crippen molar-refractivity contribution in [2.75, 3.05) is 13.1 Å². The first-order chi connectivity index (χ1) is 9.63. The summed E-state index contributed by atoms with van der Waals surface area (Å²) in [5.74, 6) is 0.110. The van der Waals surface area contributed by atoms with Crippen molar-refractivity contribution in [3.05, 3.63) is 46.4 Å². The maximum atomic E-state index is 12.5. The molecule has 0 saturated carbocycles. The zero-order chi connectivity index (χ0) is 14.1. The third kappa shape index (κ3) is 2.84. The Balaban J connectivity index is 1.86. The van der Waals surface area contributed by atoms with E-state index in [-0.39, 0.29) is 11.3 Å². The smallest absolute Gasteiger partial charge is 0.253 e. The lowest BCUT2D eigenvalue weighted by Crippen LogP contribution is -2.38. The number of benzene rings is 2. The van der Waals surface area contributed by atoms with E-state index in [1.807, 2.05) is 35.2 Å². The maximum absolute atomic E-state index is 12.5.